The van der Waals surface area contributed by atoms with E-state index in [1.54, 1.807) is 12.1 Å². The molecule has 0 bridgehead atoms. The number of carbonyl (C=O) groups is 1. The maximum absolute atomic E-state index is 12.7. The van der Waals surface area contributed by atoms with Gasteiger partial charge in [-0.1, -0.05) is 44.2 Å². The average molecular weight is 324 g/mol. The van der Waals surface area contributed by atoms with Gasteiger partial charge in [0.15, 0.2) is 5.78 Å². The van der Waals surface area contributed by atoms with Gasteiger partial charge < -0.3 is 0 Å². The molecule has 1 aromatic rings. The minimum atomic E-state index is -3.46. The Hall–Kier alpha value is -1.24. The smallest absolute Gasteiger partial charge is 0.282 e. The van der Waals surface area contributed by atoms with Crippen molar-refractivity contribution in [2.45, 2.75) is 39.2 Å². The number of nitrogens with zero attached hydrogens (tertiary/aromatic N) is 2. The lowest BCUT2D eigenvalue weighted by molar-refractivity contribution is 0.0960. The number of ketones is 1. The van der Waals surface area contributed by atoms with E-state index in [1.807, 2.05) is 32.0 Å². The molecule has 0 radical (unpaired) electrons. The molecule has 2 rings (SSSR count). The van der Waals surface area contributed by atoms with Crippen LogP contribution in [0.3, 0.4) is 0 Å². The van der Waals surface area contributed by atoms with E-state index in [4.69, 9.17) is 0 Å². The molecule has 0 saturated carbocycles. The zero-order valence-electron chi connectivity index (χ0n) is 13.2. The number of benzene rings is 1. The molecule has 0 spiro atoms. The minimum absolute atomic E-state index is 0.00671. The summed E-state index contributed by atoms with van der Waals surface area (Å²) in [6.07, 6.45) is 1.82. The Bertz CT molecular complexity index is 597. The van der Waals surface area contributed by atoms with Crippen LogP contribution in [0, 0.1) is 0 Å². The van der Waals surface area contributed by atoms with Crippen molar-refractivity contribution in [2.75, 3.05) is 19.6 Å². The van der Waals surface area contributed by atoms with E-state index >= 15 is 0 Å². The number of carbonyl (C=O) groups excluding carboxylic acids is 1. The monoisotopic (exact) mass is 324 g/mol. The molecule has 122 valence electrons. The highest BCUT2D eigenvalue weighted by Gasteiger charge is 2.37. The topological polar surface area (TPSA) is 57.7 Å². The maximum Gasteiger partial charge on any atom is 0.282 e. The van der Waals surface area contributed by atoms with Crippen molar-refractivity contribution in [2.24, 2.45) is 0 Å². The molecule has 0 aromatic heterocycles. The largest absolute Gasteiger partial charge is 0.294 e. The predicted molar refractivity (Wildman–Crippen MR) is 87.0 cm³/mol. The van der Waals surface area contributed by atoms with Gasteiger partial charge in [-0.3, -0.25) is 4.79 Å². The lowest BCUT2D eigenvalue weighted by Gasteiger charge is -2.29. The van der Waals surface area contributed by atoms with Crippen LogP contribution in [-0.4, -0.2) is 48.5 Å². The van der Waals surface area contributed by atoms with Crippen LogP contribution in [0.5, 0.6) is 0 Å². The highest BCUT2D eigenvalue weighted by atomic mass is 32.2. The Balaban J connectivity index is 2.13. The molecule has 22 heavy (non-hydrogen) atoms. The van der Waals surface area contributed by atoms with Crippen LogP contribution < -0.4 is 0 Å². The number of hydrogen-bond donors (Lipinski definition) is 0. The first-order chi connectivity index (χ1) is 10.5. The predicted octanol–water partition coefficient (Wildman–Crippen LogP) is 2.31. The molecule has 6 heteroatoms. The van der Waals surface area contributed by atoms with Crippen molar-refractivity contribution in [3.05, 3.63) is 35.9 Å². The summed E-state index contributed by atoms with van der Waals surface area (Å²) in [6, 6.07) is 8.85. The molecule has 1 aliphatic heterocycles. The van der Waals surface area contributed by atoms with Gasteiger partial charge in [-0.05, 0) is 12.8 Å². The van der Waals surface area contributed by atoms with Gasteiger partial charge in [0, 0.05) is 37.7 Å². The molecule has 1 aliphatic rings. The fourth-order valence-corrected chi connectivity index (χ4v) is 4.84. The highest BCUT2D eigenvalue weighted by molar-refractivity contribution is 7.86. The third-order valence-electron chi connectivity index (χ3n) is 4.17. The van der Waals surface area contributed by atoms with Crippen LogP contribution in [0.25, 0.3) is 0 Å². The van der Waals surface area contributed by atoms with Crippen LogP contribution in [-0.2, 0) is 10.2 Å². The fraction of sp³-hybridized carbons (Fsp3) is 0.562. The second kappa shape index (κ2) is 7.35. The zero-order chi connectivity index (χ0) is 16.2. The van der Waals surface area contributed by atoms with E-state index in [-0.39, 0.29) is 18.2 Å². The van der Waals surface area contributed by atoms with E-state index in [0.717, 1.165) is 12.8 Å². The van der Waals surface area contributed by atoms with Gasteiger partial charge >= 0.3 is 0 Å². The van der Waals surface area contributed by atoms with E-state index < -0.39 is 10.2 Å². The normalized spacial score (nSPS) is 19.7. The Morgan fingerprint density at radius 3 is 2.45 bits per heavy atom. The molecule has 0 aliphatic carbocycles. The quantitative estimate of drug-likeness (QED) is 0.723. The third-order valence-corrected chi connectivity index (χ3v) is 6.41. The molecular weight excluding hydrogens is 300 g/mol. The van der Waals surface area contributed by atoms with Crippen LogP contribution in [0.2, 0.25) is 0 Å². The summed E-state index contributed by atoms with van der Waals surface area (Å²) in [6.45, 7) is 5.08. The minimum Gasteiger partial charge on any atom is -0.294 e. The van der Waals surface area contributed by atoms with E-state index in [1.165, 1.54) is 8.61 Å². The van der Waals surface area contributed by atoms with Crippen LogP contribution in [0.15, 0.2) is 30.3 Å². The summed E-state index contributed by atoms with van der Waals surface area (Å²) < 4.78 is 28.3. The van der Waals surface area contributed by atoms with E-state index in [2.05, 4.69) is 0 Å². The summed E-state index contributed by atoms with van der Waals surface area (Å²) in [7, 11) is -3.46. The van der Waals surface area contributed by atoms with Crippen LogP contribution in [0.4, 0.5) is 0 Å². The summed E-state index contributed by atoms with van der Waals surface area (Å²) in [5, 5.41) is 0. The SMILES string of the molecule is CCN(CC)S(=O)(=O)N1CCCC1CC(=O)c1ccccc1. The second-order valence-electron chi connectivity index (χ2n) is 5.49. The number of rotatable bonds is 7. The number of Topliss-reactive ketones (excluding diaryl/α,β-unsaturated/α-hetero) is 1. The Labute approximate surface area is 133 Å². The van der Waals surface area contributed by atoms with Crippen molar-refractivity contribution < 1.29 is 13.2 Å². The molecule has 5 nitrogen and oxygen atoms in total. The standard InChI is InChI=1S/C16H24N2O3S/c1-3-17(4-2)22(20,21)18-12-8-11-15(18)13-16(19)14-9-6-5-7-10-14/h5-7,9-10,15H,3-4,8,11-13H2,1-2H3. The van der Waals surface area contributed by atoms with Gasteiger partial charge in [-0.25, -0.2) is 0 Å². The Morgan fingerprint density at radius 2 is 1.86 bits per heavy atom. The fourth-order valence-electron chi connectivity index (χ4n) is 2.97. The lowest BCUT2D eigenvalue weighted by Crippen LogP contribution is -2.46. The van der Waals surface area contributed by atoms with Crippen molar-refractivity contribution in [1.29, 1.82) is 0 Å². The Kier molecular flexibility index (Phi) is 5.72. The molecular formula is C16H24N2O3S. The first kappa shape index (κ1) is 17.1. The lowest BCUT2D eigenvalue weighted by atomic mass is 10.0. The van der Waals surface area contributed by atoms with E-state index in [0.29, 0.717) is 25.2 Å². The second-order valence-corrected chi connectivity index (χ2v) is 7.37. The van der Waals surface area contributed by atoms with Gasteiger partial charge in [0.2, 0.25) is 0 Å². The molecule has 0 amide bonds. The molecule has 1 unspecified atom stereocenters. The van der Waals surface area contributed by atoms with Gasteiger partial charge in [0.25, 0.3) is 10.2 Å². The molecule has 0 N–H and O–H groups in total. The van der Waals surface area contributed by atoms with Crippen molar-refractivity contribution >= 4 is 16.0 Å². The summed E-state index contributed by atoms with van der Waals surface area (Å²) in [4.78, 5) is 12.3. The Morgan fingerprint density at radius 1 is 1.23 bits per heavy atom. The average Bonchev–Trinajstić information content (AvgIpc) is 2.98. The highest BCUT2D eigenvalue weighted by Crippen LogP contribution is 2.26. The van der Waals surface area contributed by atoms with Crippen molar-refractivity contribution in [3.8, 4) is 0 Å². The van der Waals surface area contributed by atoms with Gasteiger partial charge in [0.05, 0.1) is 0 Å². The molecule has 1 heterocycles. The molecule has 1 saturated heterocycles. The first-order valence-electron chi connectivity index (χ1n) is 7.85. The first-order valence-corrected chi connectivity index (χ1v) is 9.25. The zero-order valence-corrected chi connectivity index (χ0v) is 14.1. The summed E-state index contributed by atoms with van der Waals surface area (Å²) in [5.74, 6) is 0.00671. The van der Waals surface area contributed by atoms with E-state index in [9.17, 15) is 13.2 Å². The van der Waals surface area contributed by atoms with Gasteiger partial charge in [-0.15, -0.1) is 0 Å². The molecule has 1 atom stereocenters. The maximum atomic E-state index is 12.7. The van der Waals surface area contributed by atoms with Crippen LogP contribution in [0.1, 0.15) is 43.5 Å². The summed E-state index contributed by atoms with van der Waals surface area (Å²) >= 11 is 0. The van der Waals surface area contributed by atoms with Crippen molar-refractivity contribution in [3.63, 3.8) is 0 Å². The number of hydrogen-bond acceptors (Lipinski definition) is 3. The van der Waals surface area contributed by atoms with Gasteiger partial charge in [0.1, 0.15) is 0 Å². The molecule has 1 aromatic carbocycles. The summed E-state index contributed by atoms with van der Waals surface area (Å²) in [5.41, 5.74) is 0.648. The van der Waals surface area contributed by atoms with Gasteiger partial charge in [-0.2, -0.15) is 17.0 Å². The van der Waals surface area contributed by atoms with Crippen molar-refractivity contribution in [1.82, 2.24) is 8.61 Å². The third kappa shape index (κ3) is 3.56. The molecule has 1 fully saturated rings. The van der Waals surface area contributed by atoms with Crippen LogP contribution >= 0.6 is 0 Å².